The van der Waals surface area contributed by atoms with E-state index in [1.165, 1.54) is 10.7 Å². The Balaban J connectivity index is 1.66. The van der Waals surface area contributed by atoms with E-state index < -0.39 is 15.9 Å². The molecular formula is C17H14ClN5O3S. The van der Waals surface area contributed by atoms with Crippen LogP contribution in [-0.2, 0) is 10.0 Å². The van der Waals surface area contributed by atoms with Gasteiger partial charge in [-0.05, 0) is 30.7 Å². The van der Waals surface area contributed by atoms with Gasteiger partial charge < -0.3 is 5.32 Å². The summed E-state index contributed by atoms with van der Waals surface area (Å²) >= 11 is 6.16. The maximum absolute atomic E-state index is 12.6. The van der Waals surface area contributed by atoms with Crippen molar-refractivity contribution in [2.75, 3.05) is 4.72 Å². The predicted molar refractivity (Wildman–Crippen MR) is 99.5 cm³/mol. The van der Waals surface area contributed by atoms with Crippen molar-refractivity contribution >= 4 is 33.5 Å². The Kier molecular flexibility index (Phi) is 4.12. The van der Waals surface area contributed by atoms with Crippen LogP contribution in [0.15, 0.2) is 53.4 Å². The topological polar surface area (TPSA) is 106 Å². The van der Waals surface area contributed by atoms with Crippen LogP contribution >= 0.6 is 11.6 Å². The molecule has 0 saturated carbocycles. The summed E-state index contributed by atoms with van der Waals surface area (Å²) in [6, 6.07) is 13.1. The van der Waals surface area contributed by atoms with Gasteiger partial charge in [-0.3, -0.25) is 4.79 Å². The van der Waals surface area contributed by atoms with Gasteiger partial charge >= 0.3 is 0 Å². The first-order valence-electron chi connectivity index (χ1n) is 8.01. The molecule has 1 aliphatic rings. The van der Waals surface area contributed by atoms with Gasteiger partial charge in [-0.1, -0.05) is 41.9 Å². The molecule has 4 rings (SSSR count). The highest BCUT2D eigenvalue weighted by molar-refractivity contribution is 7.92. The molecule has 0 fully saturated rings. The van der Waals surface area contributed by atoms with E-state index in [-0.39, 0.29) is 22.7 Å². The zero-order valence-electron chi connectivity index (χ0n) is 14.0. The van der Waals surface area contributed by atoms with E-state index >= 15 is 0 Å². The molecule has 0 aliphatic carbocycles. The first-order valence-corrected chi connectivity index (χ1v) is 9.87. The minimum atomic E-state index is -3.76. The van der Waals surface area contributed by atoms with Crippen molar-refractivity contribution in [2.24, 2.45) is 0 Å². The Labute approximate surface area is 160 Å². The zero-order valence-corrected chi connectivity index (χ0v) is 15.6. The number of nitrogens with one attached hydrogen (secondary N) is 2. The lowest BCUT2D eigenvalue weighted by Crippen LogP contribution is -2.28. The number of benzene rings is 2. The summed E-state index contributed by atoms with van der Waals surface area (Å²) in [6.07, 6.45) is 0. The molecule has 0 bridgehead atoms. The Hall–Kier alpha value is -2.91. The Bertz CT molecular complexity index is 1160. The fourth-order valence-electron chi connectivity index (χ4n) is 2.84. The Morgan fingerprint density at radius 3 is 2.67 bits per heavy atom. The van der Waals surface area contributed by atoms with E-state index in [4.69, 9.17) is 11.6 Å². The van der Waals surface area contributed by atoms with Crippen molar-refractivity contribution in [3.8, 4) is 5.69 Å². The van der Waals surface area contributed by atoms with Crippen LogP contribution in [0.3, 0.4) is 0 Å². The lowest BCUT2D eigenvalue weighted by atomic mass is 10.1. The highest BCUT2D eigenvalue weighted by Gasteiger charge is 2.31. The molecule has 8 nitrogen and oxygen atoms in total. The number of carbonyl (C=O) groups is 1. The quantitative estimate of drug-likeness (QED) is 0.699. The second kappa shape index (κ2) is 6.36. The first kappa shape index (κ1) is 17.5. The van der Waals surface area contributed by atoms with Gasteiger partial charge in [-0.15, -0.1) is 5.10 Å². The highest BCUT2D eigenvalue weighted by Crippen LogP contribution is 2.29. The molecule has 1 aliphatic heterocycles. The third-order valence-corrected chi connectivity index (χ3v) is 5.86. The fourth-order valence-corrected chi connectivity index (χ4v) is 4.31. The molecule has 1 atom stereocenters. The fraction of sp³-hybridized carbons (Fsp3) is 0.118. The molecule has 2 aromatic carbocycles. The minimum absolute atomic E-state index is 0.0377. The maximum atomic E-state index is 12.6. The molecule has 1 amide bonds. The van der Waals surface area contributed by atoms with E-state index in [2.05, 4.69) is 20.1 Å². The number of amides is 1. The summed E-state index contributed by atoms with van der Waals surface area (Å²) in [6.45, 7) is 1.78. The maximum Gasteiger partial charge on any atom is 0.291 e. The van der Waals surface area contributed by atoms with Crippen molar-refractivity contribution in [3.05, 3.63) is 64.9 Å². The number of halogens is 1. The second-order valence-electron chi connectivity index (χ2n) is 5.96. The average molecular weight is 404 g/mol. The summed E-state index contributed by atoms with van der Waals surface area (Å²) in [5.74, 6) is -0.728. The lowest BCUT2D eigenvalue weighted by molar-refractivity contribution is 0.0929. The van der Waals surface area contributed by atoms with Gasteiger partial charge in [-0.25, -0.2) is 13.1 Å². The van der Waals surface area contributed by atoms with Crippen LogP contribution in [0, 0.1) is 0 Å². The van der Waals surface area contributed by atoms with Gasteiger partial charge in [0.15, 0.2) is 0 Å². The molecule has 0 spiro atoms. The second-order valence-corrected chi connectivity index (χ2v) is 8.02. The first-order chi connectivity index (χ1) is 12.9. The molecular weight excluding hydrogens is 390 g/mol. The number of para-hydroxylation sites is 1. The smallest absolute Gasteiger partial charge is 0.291 e. The predicted octanol–water partition coefficient (Wildman–Crippen LogP) is 2.53. The van der Waals surface area contributed by atoms with Crippen molar-refractivity contribution in [2.45, 2.75) is 17.9 Å². The normalized spacial score (nSPS) is 15.2. The van der Waals surface area contributed by atoms with Gasteiger partial charge in [0.2, 0.25) is 11.8 Å². The van der Waals surface area contributed by atoms with Gasteiger partial charge in [0.25, 0.3) is 15.9 Å². The van der Waals surface area contributed by atoms with Crippen molar-refractivity contribution in [1.29, 1.82) is 0 Å². The van der Waals surface area contributed by atoms with Gasteiger partial charge in [0.1, 0.15) is 4.90 Å². The molecule has 10 heteroatoms. The number of carbonyl (C=O) groups excluding carboxylic acids is 1. The molecule has 2 heterocycles. The van der Waals surface area contributed by atoms with E-state index in [1.54, 1.807) is 37.3 Å². The van der Waals surface area contributed by atoms with Crippen LogP contribution in [0.5, 0.6) is 0 Å². The number of anilines is 1. The molecule has 138 valence electrons. The number of nitrogens with zero attached hydrogens (tertiary/aromatic N) is 3. The number of rotatable bonds is 3. The highest BCUT2D eigenvalue weighted by atomic mass is 35.5. The Morgan fingerprint density at radius 1 is 1.19 bits per heavy atom. The van der Waals surface area contributed by atoms with Crippen LogP contribution in [0.1, 0.15) is 29.1 Å². The van der Waals surface area contributed by atoms with Crippen molar-refractivity contribution in [1.82, 2.24) is 20.1 Å². The minimum Gasteiger partial charge on any atom is -0.343 e. The van der Waals surface area contributed by atoms with E-state index in [0.717, 1.165) is 5.56 Å². The van der Waals surface area contributed by atoms with Gasteiger partial charge in [0.05, 0.1) is 11.7 Å². The summed E-state index contributed by atoms with van der Waals surface area (Å²) in [5.41, 5.74) is 1.08. The molecule has 3 aromatic rings. The molecule has 2 N–H and O–H groups in total. The Morgan fingerprint density at radius 2 is 1.89 bits per heavy atom. The standard InChI is InChI=1S/C17H14ClN5O3S/c1-10(11-6-2-3-7-12(11)18)19-16(24)15-20-17-22-27(25,26)14-9-5-4-8-13(14)23(17)21-15/h2-10H,1H3,(H,19,24)(H,20,21,22)/t10-/m0/s1. The van der Waals surface area contributed by atoms with E-state index in [0.29, 0.717) is 10.7 Å². The van der Waals surface area contributed by atoms with E-state index in [1.807, 2.05) is 12.1 Å². The summed E-state index contributed by atoms with van der Waals surface area (Å²) in [4.78, 5) is 16.7. The van der Waals surface area contributed by atoms with Crippen LogP contribution in [0.4, 0.5) is 5.95 Å². The third kappa shape index (κ3) is 3.04. The van der Waals surface area contributed by atoms with Crippen LogP contribution in [0.2, 0.25) is 5.02 Å². The number of fused-ring (bicyclic) bond motifs is 3. The van der Waals surface area contributed by atoms with Gasteiger partial charge in [0, 0.05) is 5.02 Å². The largest absolute Gasteiger partial charge is 0.343 e. The van der Waals surface area contributed by atoms with Crippen molar-refractivity contribution < 1.29 is 13.2 Å². The summed E-state index contributed by atoms with van der Waals surface area (Å²) in [5, 5.41) is 7.46. The van der Waals surface area contributed by atoms with Crippen LogP contribution in [-0.4, -0.2) is 29.1 Å². The van der Waals surface area contributed by atoms with Crippen LogP contribution < -0.4 is 10.0 Å². The molecule has 0 unspecified atom stereocenters. The number of hydrogen-bond donors (Lipinski definition) is 2. The van der Waals surface area contributed by atoms with E-state index in [9.17, 15) is 13.2 Å². The summed E-state index contributed by atoms with van der Waals surface area (Å²) < 4.78 is 28.2. The summed E-state index contributed by atoms with van der Waals surface area (Å²) in [7, 11) is -3.76. The number of hydrogen-bond acceptors (Lipinski definition) is 5. The number of aromatic nitrogens is 3. The third-order valence-electron chi connectivity index (χ3n) is 4.14. The van der Waals surface area contributed by atoms with Crippen molar-refractivity contribution in [3.63, 3.8) is 0 Å². The molecule has 0 saturated heterocycles. The number of sulfonamides is 1. The van der Waals surface area contributed by atoms with Gasteiger partial charge in [-0.2, -0.15) is 9.67 Å². The SMILES string of the molecule is C[C@H](NC(=O)c1nc2n(n1)-c1ccccc1S(=O)(=O)N2)c1ccccc1Cl. The average Bonchev–Trinajstić information content (AvgIpc) is 3.05. The van der Waals surface area contributed by atoms with Crippen LogP contribution in [0.25, 0.3) is 5.69 Å². The zero-order chi connectivity index (χ0) is 19.2. The molecule has 27 heavy (non-hydrogen) atoms. The monoisotopic (exact) mass is 403 g/mol. The molecule has 0 radical (unpaired) electrons. The molecule has 1 aromatic heterocycles. The lowest BCUT2D eigenvalue weighted by Gasteiger charge is -2.17.